The molecule has 118 valence electrons. The minimum Gasteiger partial charge on any atom is -0.339 e. The van der Waals surface area contributed by atoms with Gasteiger partial charge in [0.15, 0.2) is 0 Å². The Bertz CT molecular complexity index is 471. The van der Waals surface area contributed by atoms with Gasteiger partial charge in [-0.2, -0.15) is 0 Å². The molecule has 4 nitrogen and oxygen atoms in total. The van der Waals surface area contributed by atoms with Crippen molar-refractivity contribution >= 4 is 28.8 Å². The van der Waals surface area contributed by atoms with Crippen molar-refractivity contribution in [3.8, 4) is 0 Å². The molecule has 1 atom stereocenters. The molecule has 0 aliphatic carbocycles. The van der Waals surface area contributed by atoms with Crippen LogP contribution in [0.4, 0.5) is 0 Å². The molecule has 0 aromatic carbocycles. The molecular weight excluding hydrogens is 306 g/mol. The number of rotatable bonds is 5. The fourth-order valence-electron chi connectivity index (χ4n) is 2.56. The van der Waals surface area contributed by atoms with E-state index in [0.717, 1.165) is 43.6 Å². The highest BCUT2D eigenvalue weighted by atomic mass is 35.5. The predicted molar refractivity (Wildman–Crippen MR) is 89.0 cm³/mol. The van der Waals surface area contributed by atoms with E-state index in [1.807, 2.05) is 31.0 Å². The molecule has 2 rings (SSSR count). The van der Waals surface area contributed by atoms with Crippen molar-refractivity contribution in [1.82, 2.24) is 14.7 Å². The third-order valence-electron chi connectivity index (χ3n) is 4.18. The zero-order chi connectivity index (χ0) is 15.4. The van der Waals surface area contributed by atoms with Gasteiger partial charge in [-0.25, -0.2) is 0 Å². The molecule has 1 amide bonds. The molecule has 1 aromatic rings. The van der Waals surface area contributed by atoms with Crippen molar-refractivity contribution in [3.05, 3.63) is 21.3 Å². The van der Waals surface area contributed by atoms with Crippen LogP contribution in [-0.4, -0.2) is 66.4 Å². The second-order valence-electron chi connectivity index (χ2n) is 5.56. The van der Waals surface area contributed by atoms with Crippen molar-refractivity contribution in [3.63, 3.8) is 0 Å². The fraction of sp³-hybridized carbons (Fsp3) is 0.667. The molecule has 1 unspecified atom stereocenters. The summed E-state index contributed by atoms with van der Waals surface area (Å²) in [5.74, 6) is 0.232. The molecule has 21 heavy (non-hydrogen) atoms. The lowest BCUT2D eigenvalue weighted by atomic mass is 10.2. The largest absolute Gasteiger partial charge is 0.339 e. The number of amides is 1. The summed E-state index contributed by atoms with van der Waals surface area (Å²) < 4.78 is 0.799. The second kappa shape index (κ2) is 7.58. The first kappa shape index (κ1) is 16.7. The highest BCUT2D eigenvalue weighted by Gasteiger charge is 2.26. The van der Waals surface area contributed by atoms with Crippen molar-refractivity contribution < 1.29 is 4.79 Å². The average molecular weight is 330 g/mol. The molecule has 0 saturated carbocycles. The first-order valence-electron chi connectivity index (χ1n) is 7.47. The molecule has 1 aliphatic rings. The number of halogens is 1. The molecule has 0 N–H and O–H groups in total. The number of hydrogen-bond acceptors (Lipinski definition) is 4. The molecule has 0 radical (unpaired) electrons. The zero-order valence-electron chi connectivity index (χ0n) is 13.0. The molecule has 2 heterocycles. The van der Waals surface area contributed by atoms with Crippen molar-refractivity contribution in [2.75, 3.05) is 39.8 Å². The Morgan fingerprint density at radius 3 is 2.57 bits per heavy atom. The minimum atomic E-state index is -0.0981. The van der Waals surface area contributed by atoms with Crippen LogP contribution in [0.5, 0.6) is 0 Å². The maximum Gasteiger partial charge on any atom is 0.239 e. The Morgan fingerprint density at radius 2 is 2.05 bits per heavy atom. The van der Waals surface area contributed by atoms with E-state index < -0.39 is 0 Å². The monoisotopic (exact) mass is 329 g/mol. The Hall–Kier alpha value is -0.620. The number of nitrogens with zero attached hydrogens (tertiary/aromatic N) is 3. The summed E-state index contributed by atoms with van der Waals surface area (Å²) in [4.78, 5) is 20.2. The van der Waals surface area contributed by atoms with Gasteiger partial charge in [-0.1, -0.05) is 18.5 Å². The number of likely N-dealkylation sites (N-methyl/N-ethyl adjacent to an activating group) is 2. The van der Waals surface area contributed by atoms with Gasteiger partial charge in [-0.05, 0) is 32.6 Å². The van der Waals surface area contributed by atoms with Gasteiger partial charge in [0.05, 0.1) is 10.4 Å². The number of carbonyl (C=O) groups excluding carboxylic acids is 1. The van der Waals surface area contributed by atoms with Crippen molar-refractivity contribution in [2.24, 2.45) is 0 Å². The molecular formula is C15H24ClN3OS. The van der Waals surface area contributed by atoms with Crippen LogP contribution in [0.2, 0.25) is 4.34 Å². The van der Waals surface area contributed by atoms with Crippen LogP contribution in [0, 0.1) is 0 Å². The third-order valence-corrected chi connectivity index (χ3v) is 5.40. The summed E-state index contributed by atoms with van der Waals surface area (Å²) in [5, 5.41) is 0. The van der Waals surface area contributed by atoms with E-state index in [9.17, 15) is 4.79 Å². The summed E-state index contributed by atoms with van der Waals surface area (Å²) in [6, 6.07) is 3.84. The SMILES string of the molecule is CCN1CCN(C(=O)C(C)N(C)Cc2ccc(Cl)s2)CC1. The standard InChI is InChI=1S/C15H24ClN3OS/c1-4-18-7-9-19(10-8-18)15(20)12(2)17(3)11-13-5-6-14(16)21-13/h5-6,12H,4,7-11H2,1-3H3. The first-order valence-corrected chi connectivity index (χ1v) is 8.66. The zero-order valence-corrected chi connectivity index (χ0v) is 14.6. The Morgan fingerprint density at radius 1 is 1.38 bits per heavy atom. The number of piperazine rings is 1. The van der Waals surface area contributed by atoms with Crippen LogP contribution in [0.3, 0.4) is 0 Å². The number of hydrogen-bond donors (Lipinski definition) is 0. The minimum absolute atomic E-state index is 0.0981. The van der Waals surface area contributed by atoms with E-state index in [1.165, 1.54) is 4.88 Å². The lowest BCUT2D eigenvalue weighted by molar-refractivity contribution is -0.137. The van der Waals surface area contributed by atoms with E-state index in [4.69, 9.17) is 11.6 Å². The molecule has 6 heteroatoms. The predicted octanol–water partition coefficient (Wildman–Crippen LogP) is 2.39. The Kier molecular flexibility index (Phi) is 6.05. The summed E-state index contributed by atoms with van der Waals surface area (Å²) in [7, 11) is 2.00. The van der Waals surface area contributed by atoms with Gasteiger partial charge in [0, 0.05) is 37.6 Å². The smallest absolute Gasteiger partial charge is 0.239 e. The highest BCUT2D eigenvalue weighted by molar-refractivity contribution is 7.16. The molecule has 1 fully saturated rings. The third kappa shape index (κ3) is 4.42. The molecule has 1 saturated heterocycles. The van der Waals surface area contributed by atoms with Gasteiger partial charge in [-0.15, -0.1) is 11.3 Å². The molecule has 1 aliphatic heterocycles. The van der Waals surface area contributed by atoms with Gasteiger partial charge in [0.1, 0.15) is 0 Å². The fourth-order valence-corrected chi connectivity index (χ4v) is 3.71. The number of carbonyl (C=O) groups is 1. The summed E-state index contributed by atoms with van der Waals surface area (Å²) >= 11 is 7.53. The van der Waals surface area contributed by atoms with Crippen LogP contribution in [0.1, 0.15) is 18.7 Å². The lowest BCUT2D eigenvalue weighted by Gasteiger charge is -2.37. The van der Waals surface area contributed by atoms with Crippen LogP contribution in [0.15, 0.2) is 12.1 Å². The number of thiophene rings is 1. The maximum absolute atomic E-state index is 12.6. The highest BCUT2D eigenvalue weighted by Crippen LogP contribution is 2.23. The van der Waals surface area contributed by atoms with E-state index in [-0.39, 0.29) is 11.9 Å². The van der Waals surface area contributed by atoms with E-state index >= 15 is 0 Å². The Labute approximate surface area is 136 Å². The van der Waals surface area contributed by atoms with Gasteiger partial charge < -0.3 is 9.80 Å². The van der Waals surface area contributed by atoms with E-state index in [2.05, 4.69) is 16.7 Å². The van der Waals surface area contributed by atoms with Crippen LogP contribution < -0.4 is 0 Å². The van der Waals surface area contributed by atoms with Gasteiger partial charge in [-0.3, -0.25) is 9.69 Å². The molecule has 0 spiro atoms. The summed E-state index contributed by atoms with van der Waals surface area (Å²) in [5.41, 5.74) is 0. The van der Waals surface area contributed by atoms with E-state index in [0.29, 0.717) is 0 Å². The van der Waals surface area contributed by atoms with Gasteiger partial charge in [0.25, 0.3) is 0 Å². The first-order chi connectivity index (χ1) is 10.0. The maximum atomic E-state index is 12.6. The lowest BCUT2D eigenvalue weighted by Crippen LogP contribution is -2.53. The summed E-state index contributed by atoms with van der Waals surface area (Å²) in [6.07, 6.45) is 0. The normalized spacial score (nSPS) is 18.2. The summed E-state index contributed by atoms with van der Waals surface area (Å²) in [6.45, 7) is 9.64. The quantitative estimate of drug-likeness (QED) is 0.830. The average Bonchev–Trinajstić information content (AvgIpc) is 2.90. The molecule has 0 bridgehead atoms. The second-order valence-corrected chi connectivity index (χ2v) is 7.36. The van der Waals surface area contributed by atoms with Gasteiger partial charge >= 0.3 is 0 Å². The topological polar surface area (TPSA) is 26.8 Å². The Balaban J connectivity index is 1.86. The molecule has 1 aromatic heterocycles. The van der Waals surface area contributed by atoms with Crippen LogP contribution in [0.25, 0.3) is 0 Å². The van der Waals surface area contributed by atoms with Crippen molar-refractivity contribution in [2.45, 2.75) is 26.4 Å². The van der Waals surface area contributed by atoms with Crippen LogP contribution >= 0.6 is 22.9 Å². The van der Waals surface area contributed by atoms with E-state index in [1.54, 1.807) is 11.3 Å². The van der Waals surface area contributed by atoms with Gasteiger partial charge in [0.2, 0.25) is 5.91 Å². The van der Waals surface area contributed by atoms with Crippen molar-refractivity contribution in [1.29, 1.82) is 0 Å². The van der Waals surface area contributed by atoms with Crippen LogP contribution in [-0.2, 0) is 11.3 Å².